The van der Waals surface area contributed by atoms with Crippen LogP contribution in [-0.4, -0.2) is 20.7 Å². The first-order chi connectivity index (χ1) is 9.22. The minimum absolute atomic E-state index is 0.0106. The Balaban J connectivity index is 2.11. The van der Waals surface area contributed by atoms with Crippen molar-refractivity contribution >= 4 is 5.91 Å². The molecular formula is C15H19N3O. The SMILES string of the molecule is CCCC[C@H](C)C(=O)n1ccc(-c2ccccn2)n1. The number of hydrogen-bond acceptors (Lipinski definition) is 3. The smallest absolute Gasteiger partial charge is 0.249 e. The Bertz CT molecular complexity index is 533. The Morgan fingerprint density at radius 2 is 2.16 bits per heavy atom. The van der Waals surface area contributed by atoms with Crippen molar-refractivity contribution in [1.29, 1.82) is 0 Å². The second-order valence-corrected chi connectivity index (χ2v) is 4.74. The topological polar surface area (TPSA) is 47.8 Å². The number of carbonyl (C=O) groups is 1. The molecule has 0 saturated carbocycles. The molecule has 0 aliphatic rings. The molecule has 0 fully saturated rings. The molecule has 2 aromatic heterocycles. The molecule has 2 aromatic rings. The molecule has 0 radical (unpaired) electrons. The Labute approximate surface area is 113 Å². The summed E-state index contributed by atoms with van der Waals surface area (Å²) in [6.45, 7) is 4.09. The summed E-state index contributed by atoms with van der Waals surface area (Å²) in [5.41, 5.74) is 1.52. The van der Waals surface area contributed by atoms with Crippen LogP contribution in [0.2, 0.25) is 0 Å². The van der Waals surface area contributed by atoms with E-state index in [0.717, 1.165) is 30.7 Å². The van der Waals surface area contributed by atoms with Gasteiger partial charge in [0, 0.05) is 18.3 Å². The van der Waals surface area contributed by atoms with E-state index in [2.05, 4.69) is 17.0 Å². The predicted octanol–water partition coefficient (Wildman–Crippen LogP) is 3.41. The normalized spacial score (nSPS) is 12.3. The van der Waals surface area contributed by atoms with Crippen molar-refractivity contribution in [1.82, 2.24) is 14.8 Å². The molecule has 0 amide bonds. The molecule has 0 saturated heterocycles. The lowest BCUT2D eigenvalue weighted by molar-refractivity contribution is 0.0820. The molecule has 0 aliphatic heterocycles. The summed E-state index contributed by atoms with van der Waals surface area (Å²) >= 11 is 0. The lowest BCUT2D eigenvalue weighted by Crippen LogP contribution is -2.19. The van der Waals surface area contributed by atoms with E-state index in [-0.39, 0.29) is 11.8 Å². The van der Waals surface area contributed by atoms with Crippen molar-refractivity contribution in [3.8, 4) is 11.4 Å². The summed E-state index contributed by atoms with van der Waals surface area (Å²) in [5.74, 6) is 0.0621. The second kappa shape index (κ2) is 6.27. The van der Waals surface area contributed by atoms with Crippen molar-refractivity contribution in [2.75, 3.05) is 0 Å². The highest BCUT2D eigenvalue weighted by Crippen LogP contribution is 2.15. The fourth-order valence-corrected chi connectivity index (χ4v) is 1.96. The molecule has 0 aliphatic carbocycles. The molecule has 2 heterocycles. The van der Waals surface area contributed by atoms with Crippen LogP contribution >= 0.6 is 0 Å². The summed E-state index contributed by atoms with van der Waals surface area (Å²) in [6.07, 6.45) is 6.53. The molecule has 0 N–H and O–H groups in total. The van der Waals surface area contributed by atoms with Crippen LogP contribution in [-0.2, 0) is 0 Å². The van der Waals surface area contributed by atoms with Gasteiger partial charge in [0.1, 0.15) is 5.69 Å². The largest absolute Gasteiger partial charge is 0.272 e. The third-order valence-electron chi connectivity index (χ3n) is 3.15. The number of nitrogens with zero attached hydrogens (tertiary/aromatic N) is 3. The summed E-state index contributed by atoms with van der Waals surface area (Å²) in [6, 6.07) is 7.48. The maximum absolute atomic E-state index is 12.2. The van der Waals surface area contributed by atoms with Gasteiger partial charge in [-0.15, -0.1) is 0 Å². The van der Waals surface area contributed by atoms with Crippen molar-refractivity contribution in [3.63, 3.8) is 0 Å². The molecule has 0 unspecified atom stereocenters. The van der Waals surface area contributed by atoms with E-state index in [0.29, 0.717) is 0 Å². The molecule has 4 nitrogen and oxygen atoms in total. The monoisotopic (exact) mass is 257 g/mol. The standard InChI is InChI=1S/C15H19N3O/c1-3-4-7-12(2)15(19)18-11-9-14(17-18)13-8-5-6-10-16-13/h5-6,8-12H,3-4,7H2,1-2H3/t12-/m0/s1. The van der Waals surface area contributed by atoms with Gasteiger partial charge in [-0.05, 0) is 24.6 Å². The van der Waals surface area contributed by atoms with Crippen molar-refractivity contribution in [2.45, 2.75) is 33.1 Å². The highest BCUT2D eigenvalue weighted by Gasteiger charge is 2.16. The van der Waals surface area contributed by atoms with Gasteiger partial charge in [-0.1, -0.05) is 32.8 Å². The zero-order chi connectivity index (χ0) is 13.7. The summed E-state index contributed by atoms with van der Waals surface area (Å²) in [5, 5.41) is 4.31. The van der Waals surface area contributed by atoms with Crippen LogP contribution in [0.1, 0.15) is 37.9 Å². The summed E-state index contributed by atoms with van der Waals surface area (Å²) in [7, 11) is 0. The van der Waals surface area contributed by atoms with E-state index < -0.39 is 0 Å². The Morgan fingerprint density at radius 1 is 1.32 bits per heavy atom. The van der Waals surface area contributed by atoms with Gasteiger partial charge < -0.3 is 0 Å². The number of carbonyl (C=O) groups excluding carboxylic acids is 1. The lowest BCUT2D eigenvalue weighted by atomic mass is 10.0. The average Bonchev–Trinajstić information content (AvgIpc) is 2.94. The zero-order valence-electron chi connectivity index (χ0n) is 11.4. The summed E-state index contributed by atoms with van der Waals surface area (Å²) in [4.78, 5) is 16.4. The molecule has 100 valence electrons. The van der Waals surface area contributed by atoms with Gasteiger partial charge in [-0.2, -0.15) is 5.10 Å². The van der Waals surface area contributed by atoms with Crippen LogP contribution in [0.25, 0.3) is 11.4 Å². The molecule has 0 aromatic carbocycles. The highest BCUT2D eigenvalue weighted by molar-refractivity contribution is 5.80. The van der Waals surface area contributed by atoms with Gasteiger partial charge in [0.25, 0.3) is 0 Å². The highest BCUT2D eigenvalue weighted by atomic mass is 16.2. The van der Waals surface area contributed by atoms with E-state index >= 15 is 0 Å². The summed E-state index contributed by atoms with van der Waals surface area (Å²) < 4.78 is 1.43. The molecular weight excluding hydrogens is 238 g/mol. The van der Waals surface area contributed by atoms with Gasteiger partial charge in [-0.3, -0.25) is 9.78 Å². The van der Waals surface area contributed by atoms with Crippen LogP contribution in [0.3, 0.4) is 0 Å². The van der Waals surface area contributed by atoms with Crippen LogP contribution < -0.4 is 0 Å². The van der Waals surface area contributed by atoms with Gasteiger partial charge in [-0.25, -0.2) is 4.68 Å². The number of pyridine rings is 1. The van der Waals surface area contributed by atoms with Gasteiger partial charge >= 0.3 is 0 Å². The fraction of sp³-hybridized carbons (Fsp3) is 0.400. The molecule has 2 rings (SSSR count). The average molecular weight is 257 g/mol. The van der Waals surface area contributed by atoms with E-state index in [4.69, 9.17) is 0 Å². The van der Waals surface area contributed by atoms with E-state index in [1.807, 2.05) is 31.2 Å². The van der Waals surface area contributed by atoms with Gasteiger partial charge in [0.15, 0.2) is 0 Å². The molecule has 19 heavy (non-hydrogen) atoms. The van der Waals surface area contributed by atoms with Gasteiger partial charge in [0.05, 0.1) is 5.69 Å². The van der Waals surface area contributed by atoms with Crippen molar-refractivity contribution in [2.24, 2.45) is 5.92 Å². The van der Waals surface area contributed by atoms with E-state index in [9.17, 15) is 4.79 Å². The first kappa shape index (κ1) is 13.5. The molecule has 0 spiro atoms. The maximum atomic E-state index is 12.2. The zero-order valence-corrected chi connectivity index (χ0v) is 11.4. The van der Waals surface area contributed by atoms with E-state index in [1.165, 1.54) is 4.68 Å². The van der Waals surface area contributed by atoms with E-state index in [1.54, 1.807) is 12.4 Å². The van der Waals surface area contributed by atoms with Crippen LogP contribution in [0.4, 0.5) is 0 Å². The third-order valence-corrected chi connectivity index (χ3v) is 3.15. The van der Waals surface area contributed by atoms with Gasteiger partial charge in [0.2, 0.25) is 5.91 Å². The minimum atomic E-state index is 0.0106. The quantitative estimate of drug-likeness (QED) is 0.824. The van der Waals surface area contributed by atoms with Crippen LogP contribution in [0.5, 0.6) is 0 Å². The number of unbranched alkanes of at least 4 members (excludes halogenated alkanes) is 1. The number of aromatic nitrogens is 3. The minimum Gasteiger partial charge on any atom is -0.272 e. The Kier molecular flexibility index (Phi) is 4.44. The Morgan fingerprint density at radius 3 is 2.84 bits per heavy atom. The Hall–Kier alpha value is -1.97. The lowest BCUT2D eigenvalue weighted by Gasteiger charge is -2.08. The maximum Gasteiger partial charge on any atom is 0.249 e. The van der Waals surface area contributed by atoms with Crippen LogP contribution in [0.15, 0.2) is 36.7 Å². The predicted molar refractivity (Wildman–Crippen MR) is 74.8 cm³/mol. The van der Waals surface area contributed by atoms with Crippen LogP contribution in [0, 0.1) is 5.92 Å². The molecule has 0 bridgehead atoms. The number of hydrogen-bond donors (Lipinski definition) is 0. The van der Waals surface area contributed by atoms with Crippen molar-refractivity contribution < 1.29 is 4.79 Å². The van der Waals surface area contributed by atoms with Crippen molar-refractivity contribution in [3.05, 3.63) is 36.7 Å². The first-order valence-corrected chi connectivity index (χ1v) is 6.73. The molecule has 1 atom stereocenters. The molecule has 4 heteroatoms. The fourth-order valence-electron chi connectivity index (χ4n) is 1.96. The third kappa shape index (κ3) is 3.28. The number of rotatable bonds is 5. The second-order valence-electron chi connectivity index (χ2n) is 4.74. The first-order valence-electron chi connectivity index (χ1n) is 6.73.